The number of aryl methyl sites for hydroxylation is 1. The van der Waals surface area contributed by atoms with Crippen molar-refractivity contribution in [3.63, 3.8) is 0 Å². The van der Waals surface area contributed by atoms with Crippen LogP contribution in [0, 0.1) is 12.8 Å². The lowest BCUT2D eigenvalue weighted by Gasteiger charge is -2.39. The Bertz CT molecular complexity index is 3550. The lowest BCUT2D eigenvalue weighted by atomic mass is 9.76. The minimum atomic E-state index is -4.58. The number of fused-ring (bicyclic) bond motifs is 8. The Morgan fingerprint density at radius 3 is 2.09 bits per heavy atom. The molecule has 1 saturated heterocycles. The van der Waals surface area contributed by atoms with Crippen molar-refractivity contribution in [2.75, 3.05) is 36.5 Å². The van der Waals surface area contributed by atoms with Gasteiger partial charge >= 0.3 is 6.18 Å². The molecule has 4 aliphatic rings. The summed E-state index contributed by atoms with van der Waals surface area (Å²) in [6.45, 7) is 11.6. The van der Waals surface area contributed by atoms with E-state index in [-0.39, 0.29) is 5.91 Å². The summed E-state index contributed by atoms with van der Waals surface area (Å²) >= 11 is 0. The molecule has 0 radical (unpaired) electrons. The molecule has 1 atom stereocenters. The lowest BCUT2D eigenvalue weighted by molar-refractivity contribution is -0.137. The molecule has 8 aromatic rings. The maximum Gasteiger partial charge on any atom is 0.416 e. The zero-order valence-corrected chi connectivity index (χ0v) is 45.1. The highest BCUT2D eigenvalue weighted by atomic mass is 19.4. The van der Waals surface area contributed by atoms with Crippen molar-refractivity contribution in [2.24, 2.45) is 5.92 Å². The van der Waals surface area contributed by atoms with Crippen LogP contribution in [0.5, 0.6) is 5.75 Å². The fraction of sp³-hybridized carbons (Fsp3) is 0.300. The second-order valence-electron chi connectivity index (χ2n) is 22.7. The van der Waals surface area contributed by atoms with Gasteiger partial charge in [-0.05, 0) is 166 Å². The van der Waals surface area contributed by atoms with Crippen LogP contribution < -0.4 is 15.0 Å². The van der Waals surface area contributed by atoms with E-state index < -0.39 is 22.8 Å². The zero-order valence-electron chi connectivity index (χ0n) is 45.1. The number of ether oxygens (including phenoxy) is 2. The summed E-state index contributed by atoms with van der Waals surface area (Å²) in [5.74, 6) is 1.78. The molecule has 396 valence electrons. The summed E-state index contributed by atoms with van der Waals surface area (Å²) < 4.78 is 57.4. The molecule has 1 unspecified atom stereocenters. The third kappa shape index (κ3) is 9.50. The van der Waals surface area contributed by atoms with E-state index in [1.165, 1.54) is 69.1 Å². The number of carbonyl (C=O) groups excluding carboxylic acids is 1. The first-order valence-electron chi connectivity index (χ1n) is 28.1. The average molecular weight is 1040 g/mol. The molecule has 5 nitrogen and oxygen atoms in total. The summed E-state index contributed by atoms with van der Waals surface area (Å²) in [6, 6.07) is 51.7. The lowest BCUT2D eigenvalue weighted by Crippen LogP contribution is -2.37. The van der Waals surface area contributed by atoms with Gasteiger partial charge in [-0.2, -0.15) is 13.2 Å². The Labute approximate surface area is 457 Å². The fourth-order valence-electron chi connectivity index (χ4n) is 13.2. The topological polar surface area (TPSA) is 50.8 Å². The molecule has 78 heavy (non-hydrogen) atoms. The first kappa shape index (κ1) is 51.3. The van der Waals surface area contributed by atoms with Gasteiger partial charge in [-0.25, -0.2) is 0 Å². The van der Waals surface area contributed by atoms with Gasteiger partial charge in [-0.1, -0.05) is 156 Å². The minimum absolute atomic E-state index is 0.185. The van der Waals surface area contributed by atoms with Crippen molar-refractivity contribution in [3.05, 3.63) is 214 Å². The van der Waals surface area contributed by atoms with E-state index in [0.717, 1.165) is 91.5 Å². The van der Waals surface area contributed by atoms with E-state index in [1.54, 1.807) is 6.07 Å². The highest BCUT2D eigenvalue weighted by Gasteiger charge is 2.45. The van der Waals surface area contributed by atoms with Gasteiger partial charge in [0.15, 0.2) is 5.60 Å². The van der Waals surface area contributed by atoms with E-state index in [9.17, 15) is 18.0 Å². The normalized spacial score (nSPS) is 19.4. The third-order valence-electron chi connectivity index (χ3n) is 17.6. The molecule has 0 spiro atoms. The van der Waals surface area contributed by atoms with Crippen LogP contribution in [0.3, 0.4) is 0 Å². The summed E-state index contributed by atoms with van der Waals surface area (Å²) in [5, 5.41) is 4.23. The van der Waals surface area contributed by atoms with Crippen molar-refractivity contribution in [3.8, 4) is 39.1 Å². The van der Waals surface area contributed by atoms with E-state index in [2.05, 4.69) is 110 Å². The number of halogens is 3. The van der Waals surface area contributed by atoms with Gasteiger partial charge in [0.05, 0.1) is 18.8 Å². The second kappa shape index (κ2) is 20.8. The molecule has 8 aromatic carbocycles. The van der Waals surface area contributed by atoms with E-state index in [4.69, 9.17) is 9.47 Å². The Balaban J connectivity index is 0.823. The molecule has 1 N–H and O–H groups in total. The van der Waals surface area contributed by atoms with Gasteiger partial charge in [-0.15, -0.1) is 0 Å². The number of rotatable bonds is 12. The Kier molecular flexibility index (Phi) is 13.7. The second-order valence-corrected chi connectivity index (χ2v) is 22.7. The number of carbonyl (C=O) groups is 1. The first-order chi connectivity index (χ1) is 37.8. The standard InChI is InChI=1S/C70H67F3N2O3/c1-5-6-8-11-46-14-16-47(17-15-46)48-18-20-49(21-19-48)50-22-24-51(25-23-50)67(76)74-56-30-34-58(45(2)42-56)52-26-35-63-62(43-52)64-59-33-29-55(70(71,72)73)44-61(59)66-60(65(64)68(63,3)4)36-37-69(78-66,53-12-9-7-10-13-53)54-27-31-57(32-28-54)75-38-40-77-41-39-75/h7,9-10,12-13,18-37,42-44,46-47H,5-6,8,11,14-17,38-41H2,1-4H3,(H,74,76)/t46-,47-,69?. The van der Waals surface area contributed by atoms with Crippen LogP contribution in [0.2, 0.25) is 0 Å². The van der Waals surface area contributed by atoms with E-state index in [0.29, 0.717) is 46.9 Å². The summed E-state index contributed by atoms with van der Waals surface area (Å²) in [6.07, 6.45) is 10.2. The van der Waals surface area contributed by atoms with Crippen molar-refractivity contribution >= 4 is 34.1 Å². The van der Waals surface area contributed by atoms with Crippen LogP contribution in [-0.4, -0.2) is 32.2 Å². The predicted octanol–water partition coefficient (Wildman–Crippen LogP) is 18.1. The number of unbranched alkanes of at least 4 members (excludes halogenated alkanes) is 2. The molecular formula is C70H67F3N2O3. The smallest absolute Gasteiger partial charge is 0.416 e. The minimum Gasteiger partial charge on any atom is -0.472 e. The number of nitrogens with zero attached hydrogens (tertiary/aromatic N) is 1. The first-order valence-corrected chi connectivity index (χ1v) is 28.1. The predicted molar refractivity (Wildman–Crippen MR) is 312 cm³/mol. The largest absolute Gasteiger partial charge is 0.472 e. The molecule has 2 aliphatic heterocycles. The van der Waals surface area contributed by atoms with Gasteiger partial charge in [0.1, 0.15) is 5.75 Å². The SMILES string of the molecule is CCCCC[C@H]1CC[C@H](c2ccc(-c3ccc(C(=O)Nc4ccc(-c5ccc6c(c5)-c5c(c7c(c8cc(C(F)(F)F)ccc58)OC(c5ccccc5)(c5ccc(N8CCOCC8)cc5)C=C7)C6(C)C)c(C)c4)cc3)cc2)CC1. The molecule has 0 aromatic heterocycles. The molecule has 8 heteroatoms. The Morgan fingerprint density at radius 1 is 0.705 bits per heavy atom. The van der Waals surface area contributed by atoms with Crippen molar-refractivity contribution in [2.45, 2.75) is 102 Å². The summed E-state index contributed by atoms with van der Waals surface area (Å²) in [5.41, 5.74) is 13.0. The van der Waals surface area contributed by atoms with E-state index in [1.807, 2.05) is 79.7 Å². The number of nitrogens with one attached hydrogen (secondary N) is 1. The van der Waals surface area contributed by atoms with Gasteiger partial charge in [0.2, 0.25) is 0 Å². The number of benzene rings is 8. The molecule has 2 heterocycles. The highest BCUT2D eigenvalue weighted by Crippen LogP contribution is 2.59. The van der Waals surface area contributed by atoms with Gasteiger partial charge in [0.25, 0.3) is 5.91 Å². The van der Waals surface area contributed by atoms with Crippen LogP contribution in [0.25, 0.3) is 50.2 Å². The molecule has 1 amide bonds. The van der Waals surface area contributed by atoms with Gasteiger partial charge in [0, 0.05) is 57.5 Å². The maximum absolute atomic E-state index is 14.8. The van der Waals surface area contributed by atoms with E-state index >= 15 is 0 Å². The summed E-state index contributed by atoms with van der Waals surface area (Å²) in [4.78, 5) is 16.0. The molecule has 2 aliphatic carbocycles. The summed E-state index contributed by atoms with van der Waals surface area (Å²) in [7, 11) is 0. The van der Waals surface area contributed by atoms with Crippen LogP contribution >= 0.6 is 0 Å². The number of morpholine rings is 1. The molecule has 0 bridgehead atoms. The highest BCUT2D eigenvalue weighted by molar-refractivity contribution is 6.09. The van der Waals surface area contributed by atoms with Crippen LogP contribution in [0.4, 0.5) is 24.5 Å². The van der Waals surface area contributed by atoms with Crippen molar-refractivity contribution in [1.82, 2.24) is 0 Å². The van der Waals surface area contributed by atoms with Crippen LogP contribution in [0.1, 0.15) is 133 Å². The number of hydrogen-bond acceptors (Lipinski definition) is 4. The molecule has 12 rings (SSSR count). The van der Waals surface area contributed by atoms with Crippen LogP contribution in [-0.2, 0) is 21.9 Å². The molecule has 2 fully saturated rings. The maximum atomic E-state index is 14.8. The van der Waals surface area contributed by atoms with Crippen molar-refractivity contribution < 1.29 is 27.4 Å². The Hall–Kier alpha value is -7.42. The van der Waals surface area contributed by atoms with Crippen LogP contribution in [0.15, 0.2) is 164 Å². The third-order valence-corrected chi connectivity index (χ3v) is 17.6. The number of anilines is 2. The quantitative estimate of drug-likeness (QED) is 0.124. The monoisotopic (exact) mass is 1040 g/mol. The van der Waals surface area contributed by atoms with Gasteiger partial charge in [-0.3, -0.25) is 4.79 Å². The molecule has 1 saturated carbocycles. The Morgan fingerprint density at radius 2 is 1.40 bits per heavy atom. The number of amides is 1. The average Bonchev–Trinajstić information content (AvgIpc) is 3.48. The zero-order chi connectivity index (χ0) is 53.8. The number of alkyl halides is 3. The van der Waals surface area contributed by atoms with Gasteiger partial charge < -0.3 is 19.7 Å². The fourth-order valence-corrected chi connectivity index (χ4v) is 13.2. The molecular weight excluding hydrogens is 974 g/mol. The number of hydrogen-bond donors (Lipinski definition) is 1. The van der Waals surface area contributed by atoms with Crippen molar-refractivity contribution in [1.29, 1.82) is 0 Å².